The first-order chi connectivity index (χ1) is 21.2. The van der Waals surface area contributed by atoms with E-state index < -0.39 is 25.2 Å². The van der Waals surface area contributed by atoms with Crippen molar-refractivity contribution in [3.63, 3.8) is 0 Å². The fourth-order valence-corrected chi connectivity index (χ4v) is 5.65. The molecule has 0 aromatic rings. The molecule has 0 aromatic carbocycles. The van der Waals surface area contributed by atoms with E-state index in [0.717, 1.165) is 18.8 Å². The quantitative estimate of drug-likeness (QED) is 0.0661. The van der Waals surface area contributed by atoms with Crippen molar-refractivity contribution in [3.8, 4) is 0 Å². The molecular weight excluding hydrogens is 560 g/mol. The second-order valence-electron chi connectivity index (χ2n) is 12.4. The number of rotatable bonds is 21. The molecule has 1 heterocycles. The van der Waals surface area contributed by atoms with Gasteiger partial charge in [0.2, 0.25) is 0 Å². The van der Waals surface area contributed by atoms with Crippen LogP contribution in [0.3, 0.4) is 0 Å². The Morgan fingerprint density at radius 3 is 1.86 bits per heavy atom. The van der Waals surface area contributed by atoms with Crippen LogP contribution in [-0.2, 0) is 28.5 Å². The van der Waals surface area contributed by atoms with Crippen LogP contribution in [0.5, 0.6) is 0 Å². The van der Waals surface area contributed by atoms with Gasteiger partial charge in [0.25, 0.3) is 0 Å². The predicted molar refractivity (Wildman–Crippen MR) is 173 cm³/mol. The summed E-state index contributed by atoms with van der Waals surface area (Å²) in [6, 6.07) is 0. The van der Waals surface area contributed by atoms with Crippen LogP contribution in [0.1, 0.15) is 84.0 Å². The van der Waals surface area contributed by atoms with Crippen molar-refractivity contribution < 1.29 is 38.7 Å². The molecule has 0 spiro atoms. The fourth-order valence-electron chi connectivity index (χ4n) is 5.65. The van der Waals surface area contributed by atoms with Gasteiger partial charge in [-0.1, -0.05) is 82.2 Å². The molecule has 8 heteroatoms. The van der Waals surface area contributed by atoms with Gasteiger partial charge in [-0.25, -0.2) is 9.59 Å². The first kappa shape index (κ1) is 37.7. The molecule has 248 valence electrons. The van der Waals surface area contributed by atoms with E-state index in [-0.39, 0.29) is 36.6 Å². The van der Waals surface area contributed by atoms with E-state index in [1.165, 1.54) is 62.5 Å². The molecule has 0 bridgehead atoms. The largest absolute Gasteiger partial charge is 0.462 e. The van der Waals surface area contributed by atoms with Crippen molar-refractivity contribution in [2.75, 3.05) is 39.6 Å². The molecule has 44 heavy (non-hydrogen) atoms. The Labute approximate surface area is 264 Å². The van der Waals surface area contributed by atoms with Gasteiger partial charge >= 0.3 is 11.9 Å². The van der Waals surface area contributed by atoms with Gasteiger partial charge in [0, 0.05) is 11.8 Å². The lowest BCUT2D eigenvalue weighted by Crippen LogP contribution is -2.37. The number of aliphatic hydroxyl groups is 2. The highest BCUT2D eigenvalue weighted by molar-refractivity contribution is 5.88. The Morgan fingerprint density at radius 1 is 0.795 bits per heavy atom. The van der Waals surface area contributed by atoms with Crippen molar-refractivity contribution in [3.05, 3.63) is 60.8 Å². The van der Waals surface area contributed by atoms with E-state index in [1.807, 2.05) is 0 Å². The van der Waals surface area contributed by atoms with Crippen LogP contribution >= 0.6 is 0 Å². The molecule has 2 rings (SSSR count). The van der Waals surface area contributed by atoms with Gasteiger partial charge in [0.05, 0.1) is 50.8 Å². The molecule has 2 aliphatic rings. The van der Waals surface area contributed by atoms with E-state index in [2.05, 4.69) is 45.4 Å². The van der Waals surface area contributed by atoms with Crippen LogP contribution in [-0.4, -0.2) is 68.1 Å². The Bertz CT molecular complexity index is 935. The van der Waals surface area contributed by atoms with E-state index in [0.29, 0.717) is 37.9 Å². The van der Waals surface area contributed by atoms with Gasteiger partial charge in [-0.05, 0) is 63.2 Å². The Morgan fingerprint density at radius 2 is 1.34 bits per heavy atom. The van der Waals surface area contributed by atoms with Crippen LogP contribution in [0.4, 0.5) is 0 Å². The Kier molecular flexibility index (Phi) is 18.2. The average molecular weight is 617 g/mol. The Balaban J connectivity index is 1.70. The first-order valence-corrected chi connectivity index (χ1v) is 16.3. The first-order valence-electron chi connectivity index (χ1n) is 16.3. The van der Waals surface area contributed by atoms with Crippen molar-refractivity contribution in [1.29, 1.82) is 0 Å². The summed E-state index contributed by atoms with van der Waals surface area (Å²) in [7, 11) is 0. The molecular formula is C36H56O8. The number of ether oxygens (including phenoxy) is 4. The van der Waals surface area contributed by atoms with Gasteiger partial charge < -0.3 is 29.2 Å². The normalized spacial score (nSPS) is 22.1. The number of aliphatic hydroxyl groups excluding tert-OH is 2. The van der Waals surface area contributed by atoms with Gasteiger partial charge in [-0.15, -0.1) is 0 Å². The van der Waals surface area contributed by atoms with Crippen molar-refractivity contribution in [1.82, 2.24) is 0 Å². The highest BCUT2D eigenvalue weighted by Gasteiger charge is 2.32. The molecule has 0 aromatic heterocycles. The van der Waals surface area contributed by atoms with Crippen LogP contribution in [0.15, 0.2) is 60.8 Å². The lowest BCUT2D eigenvalue weighted by atomic mass is 9.74. The molecule has 1 saturated heterocycles. The summed E-state index contributed by atoms with van der Waals surface area (Å²) in [4.78, 5) is 23.9. The van der Waals surface area contributed by atoms with Crippen LogP contribution in [0.2, 0.25) is 0 Å². The molecule has 2 N–H and O–H groups in total. The number of carbonyl (C=O) groups excluding carboxylic acids is 2. The third-order valence-electron chi connectivity index (χ3n) is 8.75. The summed E-state index contributed by atoms with van der Waals surface area (Å²) < 4.78 is 22.6. The maximum absolute atomic E-state index is 11.9. The summed E-state index contributed by atoms with van der Waals surface area (Å²) in [6.45, 7) is 17.9. The van der Waals surface area contributed by atoms with Crippen molar-refractivity contribution in [2.24, 2.45) is 23.7 Å². The molecule has 2 fully saturated rings. The average Bonchev–Trinajstić information content (AvgIpc) is 3.05. The molecule has 1 aliphatic carbocycles. The van der Waals surface area contributed by atoms with Crippen LogP contribution in [0.25, 0.3) is 0 Å². The third kappa shape index (κ3) is 14.5. The standard InChI is InChI=1S/C36H56O8/c1-6-7-8-9-26(2)10-11-27(3)12-13-30-14-17-32(18-15-30)33-24-41-34(42-25-33)19-16-31(22-43-35(39)28(4)20-37)23-44-36(40)29(5)21-38/h10-11,30-34,37-38H,2-9,12-25H2,1H3/b11-10-. The summed E-state index contributed by atoms with van der Waals surface area (Å²) in [6.07, 6.45) is 16.8. The van der Waals surface area contributed by atoms with Crippen molar-refractivity contribution >= 4 is 11.9 Å². The zero-order valence-corrected chi connectivity index (χ0v) is 26.9. The number of carbonyl (C=O) groups is 2. The monoisotopic (exact) mass is 616 g/mol. The van der Waals surface area contributed by atoms with E-state index in [9.17, 15) is 9.59 Å². The molecule has 8 nitrogen and oxygen atoms in total. The summed E-state index contributed by atoms with van der Waals surface area (Å²) in [5, 5.41) is 18.2. The number of hydrogen-bond acceptors (Lipinski definition) is 8. The lowest BCUT2D eigenvalue weighted by Gasteiger charge is -2.38. The highest BCUT2D eigenvalue weighted by Crippen LogP contribution is 2.37. The maximum Gasteiger partial charge on any atom is 0.335 e. The highest BCUT2D eigenvalue weighted by atomic mass is 16.7. The maximum atomic E-state index is 11.9. The molecule has 0 amide bonds. The molecule has 0 unspecified atom stereocenters. The molecule has 0 radical (unpaired) electrons. The summed E-state index contributed by atoms with van der Waals surface area (Å²) in [5.74, 6) is 0.00648. The predicted octanol–water partition coefficient (Wildman–Crippen LogP) is 6.39. The molecule has 1 saturated carbocycles. The number of hydrogen-bond donors (Lipinski definition) is 2. The van der Waals surface area contributed by atoms with E-state index in [1.54, 1.807) is 0 Å². The van der Waals surface area contributed by atoms with Gasteiger partial charge in [-0.3, -0.25) is 0 Å². The minimum Gasteiger partial charge on any atom is -0.462 e. The van der Waals surface area contributed by atoms with E-state index >= 15 is 0 Å². The second kappa shape index (κ2) is 21.3. The van der Waals surface area contributed by atoms with Gasteiger partial charge in [-0.2, -0.15) is 0 Å². The lowest BCUT2D eigenvalue weighted by molar-refractivity contribution is -0.214. The van der Waals surface area contributed by atoms with Crippen molar-refractivity contribution in [2.45, 2.75) is 90.3 Å². The van der Waals surface area contributed by atoms with E-state index in [4.69, 9.17) is 29.2 Å². The summed E-state index contributed by atoms with van der Waals surface area (Å²) in [5.41, 5.74) is 2.28. The number of unbranched alkanes of at least 4 members (excludes halogenated alkanes) is 2. The van der Waals surface area contributed by atoms with Gasteiger partial charge in [0.15, 0.2) is 6.29 Å². The Hall–Kier alpha value is -2.52. The number of esters is 2. The molecule has 0 atom stereocenters. The molecule has 1 aliphatic heterocycles. The van der Waals surface area contributed by atoms with Crippen LogP contribution in [0, 0.1) is 23.7 Å². The zero-order valence-electron chi connectivity index (χ0n) is 26.9. The topological polar surface area (TPSA) is 112 Å². The fraction of sp³-hybridized carbons (Fsp3) is 0.667. The summed E-state index contributed by atoms with van der Waals surface area (Å²) >= 11 is 0. The zero-order chi connectivity index (χ0) is 32.3. The third-order valence-corrected chi connectivity index (χ3v) is 8.75. The minimum atomic E-state index is -0.701. The second-order valence-corrected chi connectivity index (χ2v) is 12.4. The smallest absolute Gasteiger partial charge is 0.335 e. The SMILES string of the molecule is C=C(/C=C\C(=C)CCC1CCC(C2COC(CCC(COC(=O)C(=C)CO)COC(=O)C(=C)CO)OC2)CC1)CCCCC. The van der Waals surface area contributed by atoms with Gasteiger partial charge in [0.1, 0.15) is 0 Å². The minimum absolute atomic E-state index is 0.0205. The van der Waals surface area contributed by atoms with Crippen LogP contribution < -0.4 is 0 Å². The number of allylic oxidation sites excluding steroid dienone is 4.